The molecule has 1 heteroatoms. The number of rotatable bonds is 4. The van der Waals surface area contributed by atoms with E-state index in [-0.39, 0.29) is 0 Å². The minimum Gasteiger partial charge on any atom is -0.306 e. The van der Waals surface area contributed by atoms with Crippen molar-refractivity contribution < 1.29 is 0 Å². The van der Waals surface area contributed by atoms with E-state index in [0.717, 1.165) is 5.92 Å². The summed E-state index contributed by atoms with van der Waals surface area (Å²) in [6.45, 7) is 7.09. The first-order chi connectivity index (χ1) is 8.65. The van der Waals surface area contributed by atoms with Gasteiger partial charge in [-0.1, -0.05) is 38.1 Å². The molecule has 2 rings (SSSR count). The van der Waals surface area contributed by atoms with Gasteiger partial charge >= 0.3 is 0 Å². The number of hydrogen-bond acceptors (Lipinski definition) is 1. The molecule has 1 aromatic rings. The SMILES string of the molecule is CC(C)c1ccc(CCC2CCN(C)CC2)cc1. The van der Waals surface area contributed by atoms with Crippen LogP contribution in [-0.4, -0.2) is 25.0 Å². The fraction of sp³-hybridized carbons (Fsp3) is 0.647. The summed E-state index contributed by atoms with van der Waals surface area (Å²) >= 11 is 0. The van der Waals surface area contributed by atoms with Crippen LogP contribution in [0.3, 0.4) is 0 Å². The third kappa shape index (κ3) is 3.84. The van der Waals surface area contributed by atoms with Crippen LogP contribution in [0.15, 0.2) is 24.3 Å². The Hall–Kier alpha value is -0.820. The standard InChI is InChI=1S/C17H27N/c1-14(2)17-8-6-15(7-9-17)4-5-16-10-12-18(3)13-11-16/h6-9,14,16H,4-5,10-13H2,1-3H3. The number of nitrogens with zero attached hydrogens (tertiary/aromatic N) is 1. The normalized spacial score (nSPS) is 18.4. The predicted octanol–water partition coefficient (Wildman–Crippen LogP) is 4.08. The van der Waals surface area contributed by atoms with Gasteiger partial charge in [0.15, 0.2) is 0 Å². The highest BCUT2D eigenvalue weighted by Gasteiger charge is 2.16. The molecule has 0 aliphatic carbocycles. The lowest BCUT2D eigenvalue weighted by molar-refractivity contribution is 0.212. The van der Waals surface area contributed by atoms with E-state index in [0.29, 0.717) is 5.92 Å². The van der Waals surface area contributed by atoms with E-state index in [1.54, 1.807) is 0 Å². The largest absolute Gasteiger partial charge is 0.306 e. The van der Waals surface area contributed by atoms with Crippen LogP contribution in [0.5, 0.6) is 0 Å². The highest BCUT2D eigenvalue weighted by Crippen LogP contribution is 2.22. The van der Waals surface area contributed by atoms with Crippen LogP contribution in [0.2, 0.25) is 0 Å². The summed E-state index contributed by atoms with van der Waals surface area (Å²) in [5, 5.41) is 0. The van der Waals surface area contributed by atoms with Crippen LogP contribution < -0.4 is 0 Å². The summed E-state index contributed by atoms with van der Waals surface area (Å²) in [6.07, 6.45) is 5.41. The summed E-state index contributed by atoms with van der Waals surface area (Å²) in [5.41, 5.74) is 2.97. The van der Waals surface area contributed by atoms with Crippen LogP contribution >= 0.6 is 0 Å². The van der Waals surface area contributed by atoms with Gasteiger partial charge in [-0.05, 0) is 68.8 Å². The maximum Gasteiger partial charge on any atom is -0.00191 e. The first-order valence-electron chi connectivity index (χ1n) is 7.42. The Morgan fingerprint density at radius 2 is 1.72 bits per heavy atom. The Balaban J connectivity index is 1.79. The molecule has 1 aliphatic rings. The topological polar surface area (TPSA) is 3.24 Å². The molecule has 1 aliphatic heterocycles. The van der Waals surface area contributed by atoms with Crippen molar-refractivity contribution in [2.75, 3.05) is 20.1 Å². The number of likely N-dealkylation sites (tertiary alicyclic amines) is 1. The Bertz CT molecular complexity index is 344. The minimum atomic E-state index is 0.646. The zero-order valence-corrected chi connectivity index (χ0v) is 12.2. The fourth-order valence-corrected chi connectivity index (χ4v) is 2.79. The Labute approximate surface area is 112 Å². The Kier molecular flexibility index (Phi) is 4.82. The molecule has 1 nitrogen and oxygen atoms in total. The minimum absolute atomic E-state index is 0.646. The molecule has 0 unspecified atom stereocenters. The molecule has 0 spiro atoms. The maximum absolute atomic E-state index is 2.45. The number of hydrogen-bond donors (Lipinski definition) is 0. The Morgan fingerprint density at radius 1 is 1.11 bits per heavy atom. The molecule has 0 saturated carbocycles. The smallest absolute Gasteiger partial charge is 0.00191 e. The molecule has 0 N–H and O–H groups in total. The van der Waals surface area contributed by atoms with Crippen LogP contribution in [0.1, 0.15) is 50.2 Å². The molecule has 1 aromatic carbocycles. The lowest BCUT2D eigenvalue weighted by Crippen LogP contribution is -2.30. The van der Waals surface area contributed by atoms with E-state index in [4.69, 9.17) is 0 Å². The van der Waals surface area contributed by atoms with Gasteiger partial charge in [-0.25, -0.2) is 0 Å². The van der Waals surface area contributed by atoms with Gasteiger partial charge in [0.2, 0.25) is 0 Å². The number of aryl methyl sites for hydroxylation is 1. The van der Waals surface area contributed by atoms with Crippen LogP contribution in [0.4, 0.5) is 0 Å². The van der Waals surface area contributed by atoms with Gasteiger partial charge in [-0.2, -0.15) is 0 Å². The fourth-order valence-electron chi connectivity index (χ4n) is 2.79. The van der Waals surface area contributed by atoms with Gasteiger partial charge in [0.1, 0.15) is 0 Å². The van der Waals surface area contributed by atoms with Crippen molar-refractivity contribution in [1.29, 1.82) is 0 Å². The van der Waals surface area contributed by atoms with Crippen molar-refractivity contribution in [3.63, 3.8) is 0 Å². The summed E-state index contributed by atoms with van der Waals surface area (Å²) in [6, 6.07) is 9.25. The monoisotopic (exact) mass is 245 g/mol. The van der Waals surface area contributed by atoms with E-state index in [2.05, 4.69) is 50.1 Å². The average molecular weight is 245 g/mol. The molecule has 1 saturated heterocycles. The maximum atomic E-state index is 2.45. The van der Waals surface area contributed by atoms with Crippen molar-refractivity contribution in [2.45, 2.75) is 45.4 Å². The van der Waals surface area contributed by atoms with Crippen molar-refractivity contribution in [1.82, 2.24) is 4.90 Å². The first-order valence-corrected chi connectivity index (χ1v) is 7.42. The molecular formula is C17H27N. The number of piperidine rings is 1. The van der Waals surface area contributed by atoms with Crippen molar-refractivity contribution in [2.24, 2.45) is 5.92 Å². The highest BCUT2D eigenvalue weighted by molar-refractivity contribution is 5.24. The second-order valence-corrected chi connectivity index (χ2v) is 6.18. The lowest BCUT2D eigenvalue weighted by atomic mass is 9.90. The molecule has 18 heavy (non-hydrogen) atoms. The molecule has 100 valence electrons. The van der Waals surface area contributed by atoms with E-state index < -0.39 is 0 Å². The molecule has 0 radical (unpaired) electrons. The van der Waals surface area contributed by atoms with E-state index in [9.17, 15) is 0 Å². The van der Waals surface area contributed by atoms with Crippen molar-refractivity contribution in [3.05, 3.63) is 35.4 Å². The molecular weight excluding hydrogens is 218 g/mol. The molecule has 0 amide bonds. The summed E-state index contributed by atoms with van der Waals surface area (Å²) in [4.78, 5) is 2.45. The van der Waals surface area contributed by atoms with Gasteiger partial charge < -0.3 is 4.90 Å². The predicted molar refractivity (Wildman–Crippen MR) is 79.1 cm³/mol. The van der Waals surface area contributed by atoms with Crippen LogP contribution in [0, 0.1) is 5.92 Å². The summed E-state index contributed by atoms with van der Waals surface area (Å²) in [7, 11) is 2.24. The quantitative estimate of drug-likeness (QED) is 0.772. The van der Waals surface area contributed by atoms with Gasteiger partial charge in [-0.3, -0.25) is 0 Å². The second kappa shape index (κ2) is 6.38. The molecule has 0 atom stereocenters. The van der Waals surface area contributed by atoms with E-state index in [1.807, 2.05) is 0 Å². The van der Waals surface area contributed by atoms with Gasteiger partial charge in [0, 0.05) is 0 Å². The zero-order chi connectivity index (χ0) is 13.0. The lowest BCUT2D eigenvalue weighted by Gasteiger charge is -2.28. The summed E-state index contributed by atoms with van der Waals surface area (Å²) < 4.78 is 0. The van der Waals surface area contributed by atoms with Crippen LogP contribution in [0.25, 0.3) is 0 Å². The van der Waals surface area contributed by atoms with Gasteiger partial charge in [0.25, 0.3) is 0 Å². The molecule has 1 fully saturated rings. The van der Waals surface area contributed by atoms with E-state index in [1.165, 1.54) is 49.9 Å². The molecule has 0 bridgehead atoms. The zero-order valence-electron chi connectivity index (χ0n) is 12.2. The van der Waals surface area contributed by atoms with E-state index >= 15 is 0 Å². The molecule has 1 heterocycles. The van der Waals surface area contributed by atoms with Gasteiger partial charge in [0.05, 0.1) is 0 Å². The highest BCUT2D eigenvalue weighted by atomic mass is 15.1. The third-order valence-electron chi connectivity index (χ3n) is 4.33. The first kappa shape index (κ1) is 13.6. The third-order valence-corrected chi connectivity index (χ3v) is 4.33. The second-order valence-electron chi connectivity index (χ2n) is 6.18. The van der Waals surface area contributed by atoms with Crippen molar-refractivity contribution in [3.8, 4) is 0 Å². The summed E-state index contributed by atoms with van der Waals surface area (Å²) in [5.74, 6) is 1.60. The van der Waals surface area contributed by atoms with Crippen molar-refractivity contribution >= 4 is 0 Å². The number of benzene rings is 1. The van der Waals surface area contributed by atoms with Crippen LogP contribution in [-0.2, 0) is 6.42 Å². The van der Waals surface area contributed by atoms with Gasteiger partial charge in [-0.15, -0.1) is 0 Å². The molecule has 0 aromatic heterocycles. The average Bonchev–Trinajstić information content (AvgIpc) is 2.38. The Morgan fingerprint density at radius 3 is 2.28 bits per heavy atom.